The SMILES string of the molecule is O=C1NC(=O)/C(=C/c2ccc3ncc(F)n3c2)S1. The molecular formula is C11H6FN3O2S. The molecule has 0 unspecified atom stereocenters. The number of fused-ring (bicyclic) bond motifs is 1. The molecule has 0 bridgehead atoms. The largest absolute Gasteiger partial charge is 0.290 e. The highest BCUT2D eigenvalue weighted by atomic mass is 32.2. The van der Waals surface area contributed by atoms with Gasteiger partial charge in [-0.3, -0.25) is 19.3 Å². The second-order valence-corrected chi connectivity index (χ2v) is 4.64. The molecular weight excluding hydrogens is 257 g/mol. The van der Waals surface area contributed by atoms with E-state index >= 15 is 0 Å². The van der Waals surface area contributed by atoms with Crippen LogP contribution in [0.25, 0.3) is 11.7 Å². The Morgan fingerprint density at radius 3 is 2.94 bits per heavy atom. The summed E-state index contributed by atoms with van der Waals surface area (Å²) in [5, 5.41) is 1.75. The van der Waals surface area contributed by atoms with Crippen LogP contribution in [-0.4, -0.2) is 20.5 Å². The van der Waals surface area contributed by atoms with Gasteiger partial charge < -0.3 is 0 Å². The van der Waals surface area contributed by atoms with Gasteiger partial charge in [0.2, 0.25) is 5.95 Å². The minimum absolute atomic E-state index is 0.292. The molecule has 0 aromatic carbocycles. The molecule has 0 atom stereocenters. The van der Waals surface area contributed by atoms with E-state index in [0.717, 1.165) is 18.0 Å². The maximum absolute atomic E-state index is 13.3. The number of carbonyl (C=O) groups is 2. The van der Waals surface area contributed by atoms with Crippen LogP contribution < -0.4 is 5.32 Å². The van der Waals surface area contributed by atoms with Gasteiger partial charge in [0.05, 0.1) is 11.1 Å². The molecule has 2 amide bonds. The lowest BCUT2D eigenvalue weighted by Gasteiger charge is -1.98. The first-order chi connectivity index (χ1) is 8.63. The van der Waals surface area contributed by atoms with Gasteiger partial charge in [-0.1, -0.05) is 0 Å². The van der Waals surface area contributed by atoms with Gasteiger partial charge in [-0.05, 0) is 35.5 Å². The summed E-state index contributed by atoms with van der Waals surface area (Å²) in [7, 11) is 0. The highest BCUT2D eigenvalue weighted by Crippen LogP contribution is 2.25. The molecule has 0 spiro atoms. The van der Waals surface area contributed by atoms with E-state index in [4.69, 9.17) is 0 Å². The number of nitrogens with zero attached hydrogens (tertiary/aromatic N) is 2. The van der Waals surface area contributed by atoms with Gasteiger partial charge in [-0.15, -0.1) is 0 Å². The van der Waals surface area contributed by atoms with Crippen molar-refractivity contribution in [3.8, 4) is 0 Å². The van der Waals surface area contributed by atoms with Crippen molar-refractivity contribution in [3.63, 3.8) is 0 Å². The molecule has 1 fully saturated rings. The number of thioether (sulfide) groups is 1. The molecule has 3 heterocycles. The van der Waals surface area contributed by atoms with Crippen LogP contribution >= 0.6 is 11.8 Å². The number of aromatic nitrogens is 2. The predicted octanol–water partition coefficient (Wildman–Crippen LogP) is 1.80. The smallest absolute Gasteiger partial charge is 0.282 e. The lowest BCUT2D eigenvalue weighted by Crippen LogP contribution is -2.17. The fourth-order valence-corrected chi connectivity index (χ4v) is 2.31. The van der Waals surface area contributed by atoms with Crippen LogP contribution in [0.3, 0.4) is 0 Å². The Bertz CT molecular complexity index is 707. The third-order valence-electron chi connectivity index (χ3n) is 2.42. The van der Waals surface area contributed by atoms with Crippen molar-refractivity contribution < 1.29 is 14.0 Å². The first kappa shape index (κ1) is 11.0. The number of nitrogens with one attached hydrogen (secondary N) is 1. The summed E-state index contributed by atoms with van der Waals surface area (Å²) >= 11 is 0.823. The molecule has 1 aliphatic rings. The van der Waals surface area contributed by atoms with Crippen molar-refractivity contribution in [3.05, 3.63) is 40.9 Å². The van der Waals surface area contributed by atoms with Crippen LogP contribution in [0.5, 0.6) is 0 Å². The van der Waals surface area contributed by atoms with E-state index in [-0.39, 0.29) is 0 Å². The van der Waals surface area contributed by atoms with E-state index in [1.54, 1.807) is 12.1 Å². The Balaban J connectivity index is 2.04. The fraction of sp³-hybridized carbons (Fsp3) is 0. The van der Waals surface area contributed by atoms with Crippen molar-refractivity contribution in [2.75, 3.05) is 0 Å². The maximum Gasteiger partial charge on any atom is 0.290 e. The van der Waals surface area contributed by atoms with Gasteiger partial charge in [0.25, 0.3) is 11.1 Å². The zero-order chi connectivity index (χ0) is 12.7. The van der Waals surface area contributed by atoms with Gasteiger partial charge in [0.1, 0.15) is 5.65 Å². The van der Waals surface area contributed by atoms with Crippen molar-refractivity contribution in [2.24, 2.45) is 0 Å². The first-order valence-electron chi connectivity index (χ1n) is 5.01. The lowest BCUT2D eigenvalue weighted by molar-refractivity contribution is -0.115. The summed E-state index contributed by atoms with van der Waals surface area (Å²) in [5.74, 6) is -0.916. The quantitative estimate of drug-likeness (QED) is 0.797. The summed E-state index contributed by atoms with van der Waals surface area (Å²) in [6.07, 6.45) is 4.16. The number of hydrogen-bond donors (Lipinski definition) is 1. The third kappa shape index (κ3) is 1.78. The topological polar surface area (TPSA) is 63.5 Å². The Kier molecular flexibility index (Phi) is 2.41. The molecule has 1 aliphatic heterocycles. The van der Waals surface area contributed by atoms with Crippen LogP contribution in [0.2, 0.25) is 0 Å². The van der Waals surface area contributed by atoms with E-state index < -0.39 is 17.1 Å². The molecule has 7 heteroatoms. The van der Waals surface area contributed by atoms with Crippen molar-refractivity contribution in [1.29, 1.82) is 0 Å². The van der Waals surface area contributed by atoms with Gasteiger partial charge in [0, 0.05) is 6.20 Å². The van der Waals surface area contributed by atoms with Crippen LogP contribution in [0.1, 0.15) is 5.56 Å². The molecule has 0 saturated carbocycles. The fourth-order valence-electron chi connectivity index (χ4n) is 1.63. The molecule has 1 N–H and O–H groups in total. The van der Waals surface area contributed by atoms with Gasteiger partial charge in [-0.2, -0.15) is 4.39 Å². The highest BCUT2D eigenvalue weighted by Gasteiger charge is 2.24. The van der Waals surface area contributed by atoms with Crippen molar-refractivity contribution in [2.45, 2.75) is 0 Å². The molecule has 18 heavy (non-hydrogen) atoms. The Morgan fingerprint density at radius 1 is 1.39 bits per heavy atom. The molecule has 0 radical (unpaired) electrons. The number of rotatable bonds is 1. The van der Waals surface area contributed by atoms with Crippen molar-refractivity contribution >= 4 is 34.6 Å². The zero-order valence-electron chi connectivity index (χ0n) is 8.88. The normalized spacial score (nSPS) is 17.7. The van der Waals surface area contributed by atoms with Crippen molar-refractivity contribution in [1.82, 2.24) is 14.7 Å². The van der Waals surface area contributed by atoms with E-state index in [0.29, 0.717) is 16.1 Å². The summed E-state index contributed by atoms with van der Waals surface area (Å²) < 4.78 is 14.6. The zero-order valence-corrected chi connectivity index (χ0v) is 9.70. The van der Waals surface area contributed by atoms with Gasteiger partial charge in [-0.25, -0.2) is 4.98 Å². The Morgan fingerprint density at radius 2 is 2.22 bits per heavy atom. The molecule has 3 rings (SSSR count). The number of imidazole rings is 1. The highest BCUT2D eigenvalue weighted by molar-refractivity contribution is 8.18. The van der Waals surface area contributed by atoms with Gasteiger partial charge in [0.15, 0.2) is 0 Å². The maximum atomic E-state index is 13.3. The second kappa shape index (κ2) is 3.95. The Hall–Kier alpha value is -2.15. The van der Waals surface area contributed by atoms with E-state index in [2.05, 4.69) is 10.3 Å². The Labute approximate surface area is 105 Å². The second-order valence-electron chi connectivity index (χ2n) is 3.62. The van der Waals surface area contributed by atoms with Gasteiger partial charge >= 0.3 is 0 Å². The molecule has 1 saturated heterocycles. The number of amides is 2. The molecule has 2 aromatic heterocycles. The first-order valence-corrected chi connectivity index (χ1v) is 5.82. The van der Waals surface area contributed by atoms with Crippen LogP contribution in [0.4, 0.5) is 9.18 Å². The number of carbonyl (C=O) groups excluding carboxylic acids is 2. The average Bonchev–Trinajstić information content (AvgIpc) is 2.84. The predicted molar refractivity (Wildman–Crippen MR) is 64.3 cm³/mol. The molecule has 5 nitrogen and oxygen atoms in total. The number of imide groups is 1. The number of hydrogen-bond acceptors (Lipinski definition) is 4. The van der Waals surface area contributed by atoms with E-state index in [1.165, 1.54) is 16.7 Å². The molecule has 90 valence electrons. The van der Waals surface area contributed by atoms with Crippen LogP contribution in [0.15, 0.2) is 29.4 Å². The molecule has 0 aliphatic carbocycles. The minimum atomic E-state index is -0.482. The number of halogens is 1. The lowest BCUT2D eigenvalue weighted by atomic mass is 10.2. The van der Waals surface area contributed by atoms with E-state index in [1.807, 2.05) is 0 Å². The van der Waals surface area contributed by atoms with Crippen LogP contribution in [0, 0.1) is 5.95 Å². The monoisotopic (exact) mass is 263 g/mol. The number of pyridine rings is 1. The minimum Gasteiger partial charge on any atom is -0.282 e. The standard InChI is InChI=1S/C11H6FN3O2S/c12-8-4-13-9-2-1-6(5-15(8)9)3-7-10(16)14-11(17)18-7/h1-5H,(H,14,16,17)/b7-3-. The van der Waals surface area contributed by atoms with E-state index in [9.17, 15) is 14.0 Å². The average molecular weight is 263 g/mol. The summed E-state index contributed by atoms with van der Waals surface area (Å²) in [6, 6.07) is 3.33. The summed E-state index contributed by atoms with van der Waals surface area (Å²) in [5.41, 5.74) is 1.10. The third-order valence-corrected chi connectivity index (χ3v) is 3.23. The van der Waals surface area contributed by atoms with Crippen LogP contribution in [-0.2, 0) is 4.79 Å². The summed E-state index contributed by atoms with van der Waals surface area (Å²) in [6.45, 7) is 0. The summed E-state index contributed by atoms with van der Waals surface area (Å²) in [4.78, 5) is 26.5. The molecule has 2 aromatic rings.